The van der Waals surface area contributed by atoms with Crippen molar-refractivity contribution < 1.29 is 0 Å². The summed E-state index contributed by atoms with van der Waals surface area (Å²) >= 11 is 0. The van der Waals surface area contributed by atoms with Crippen molar-refractivity contribution in [3.63, 3.8) is 0 Å². The number of hydrogen-bond acceptors (Lipinski definition) is 0. The lowest BCUT2D eigenvalue weighted by molar-refractivity contribution is 0.302. The van der Waals surface area contributed by atoms with Crippen molar-refractivity contribution in [3.8, 4) is 0 Å². The maximum absolute atomic E-state index is 2.45. The average Bonchev–Trinajstić information content (AvgIpc) is 3.13. The molecule has 1 saturated carbocycles. The average molecular weight is 320 g/mol. The highest BCUT2D eigenvalue weighted by Gasteiger charge is 2.40. The fourth-order valence-corrected chi connectivity index (χ4v) is 5.86. The first kappa shape index (κ1) is 13.0. The van der Waals surface area contributed by atoms with E-state index >= 15 is 0 Å². The van der Waals surface area contributed by atoms with E-state index in [-0.39, 0.29) is 5.41 Å². The van der Waals surface area contributed by atoms with Gasteiger partial charge in [-0.1, -0.05) is 42.8 Å². The first-order valence-corrected chi connectivity index (χ1v) is 10.2. The van der Waals surface area contributed by atoms with Crippen LogP contribution in [0.2, 0.25) is 0 Å². The molecule has 5 rings (SSSR count). The summed E-state index contributed by atoms with van der Waals surface area (Å²) in [6.45, 7) is 0. The molecule has 22 heavy (non-hydrogen) atoms. The highest BCUT2D eigenvalue weighted by molar-refractivity contribution is 7.36. The van der Waals surface area contributed by atoms with Crippen molar-refractivity contribution in [1.82, 2.24) is 0 Å². The molecule has 2 heteroatoms. The summed E-state index contributed by atoms with van der Waals surface area (Å²) in [5, 5.41) is 5.92. The lowest BCUT2D eigenvalue weighted by Crippen LogP contribution is -2.35. The molecule has 1 aliphatic carbocycles. The van der Waals surface area contributed by atoms with Crippen LogP contribution in [0.15, 0.2) is 60.1 Å². The van der Waals surface area contributed by atoms with E-state index in [0.717, 1.165) is 16.4 Å². The van der Waals surface area contributed by atoms with Gasteiger partial charge >= 0.3 is 0 Å². The molecule has 0 bridgehead atoms. The predicted octanol–water partition coefficient (Wildman–Crippen LogP) is 6.53. The second-order valence-electron chi connectivity index (χ2n) is 6.50. The molecule has 0 amide bonds. The van der Waals surface area contributed by atoms with Gasteiger partial charge in [-0.25, -0.2) is 0 Å². The van der Waals surface area contributed by atoms with Crippen molar-refractivity contribution in [2.45, 2.75) is 24.7 Å². The zero-order valence-corrected chi connectivity index (χ0v) is 14.4. The summed E-state index contributed by atoms with van der Waals surface area (Å²) in [4.78, 5) is 0. The summed E-state index contributed by atoms with van der Waals surface area (Å²) in [5.41, 5.74) is 3.32. The third-order valence-corrected chi connectivity index (χ3v) is 7.62. The fraction of sp³-hybridized carbons (Fsp3) is 0.200. The smallest absolute Gasteiger partial charge is 0.0203 e. The van der Waals surface area contributed by atoms with Gasteiger partial charge in [0, 0.05) is 5.41 Å². The van der Waals surface area contributed by atoms with Crippen LogP contribution in [0.25, 0.3) is 21.0 Å². The molecule has 2 heterocycles. The summed E-state index contributed by atoms with van der Waals surface area (Å²) in [5.74, 6) is 4.62. The molecule has 0 radical (unpaired) electrons. The van der Waals surface area contributed by atoms with E-state index in [9.17, 15) is 0 Å². The van der Waals surface area contributed by atoms with Gasteiger partial charge in [-0.3, -0.25) is 0 Å². The summed E-state index contributed by atoms with van der Waals surface area (Å²) in [6.07, 6.45) is 3.94. The van der Waals surface area contributed by atoms with Gasteiger partial charge in [-0.15, -0.1) is 16.4 Å². The van der Waals surface area contributed by atoms with Gasteiger partial charge < -0.3 is 0 Å². The van der Waals surface area contributed by atoms with Crippen LogP contribution in [0, 0.1) is 0 Å². The first-order chi connectivity index (χ1) is 10.9. The Balaban J connectivity index is 1.70. The highest BCUT2D eigenvalue weighted by atomic mass is 31.0. The summed E-state index contributed by atoms with van der Waals surface area (Å²) in [7, 11) is 1.72. The van der Waals surface area contributed by atoms with Gasteiger partial charge in [0.05, 0.1) is 0 Å². The fourth-order valence-electron chi connectivity index (χ4n) is 3.98. The largest absolute Gasteiger partial charge is 0.132 e. The Labute approximate surface area is 133 Å². The zero-order valence-electron chi connectivity index (χ0n) is 12.4. The lowest BCUT2D eigenvalue weighted by Gasteiger charge is -2.43. The van der Waals surface area contributed by atoms with E-state index in [1.54, 1.807) is 0 Å². The molecule has 1 fully saturated rings. The van der Waals surface area contributed by atoms with E-state index in [1.807, 2.05) is 0 Å². The van der Waals surface area contributed by atoms with Crippen LogP contribution in [0.1, 0.15) is 30.4 Å². The normalized spacial score (nSPS) is 17.6. The Morgan fingerprint density at radius 1 is 0.682 bits per heavy atom. The van der Waals surface area contributed by atoms with Crippen molar-refractivity contribution >= 4 is 37.4 Å². The number of fused-ring (bicyclic) bond motifs is 2. The zero-order chi connectivity index (χ0) is 14.6. The molecule has 2 aromatic carbocycles. The van der Waals surface area contributed by atoms with E-state index in [0.29, 0.717) is 0 Å². The van der Waals surface area contributed by atoms with E-state index < -0.39 is 0 Å². The maximum Gasteiger partial charge on any atom is 0.0203 e. The number of benzene rings is 2. The molecule has 0 N–H and O–H groups in total. The van der Waals surface area contributed by atoms with Crippen LogP contribution in [0.5, 0.6) is 0 Å². The number of hydrogen-bond donors (Lipinski definition) is 0. The van der Waals surface area contributed by atoms with Crippen LogP contribution >= 0.6 is 16.4 Å². The van der Waals surface area contributed by atoms with E-state index in [2.05, 4.69) is 60.1 Å². The third kappa shape index (κ3) is 1.78. The Kier molecular flexibility index (Phi) is 2.81. The van der Waals surface area contributed by atoms with Crippen molar-refractivity contribution in [1.29, 1.82) is 0 Å². The van der Waals surface area contributed by atoms with Gasteiger partial charge in [-0.2, -0.15) is 0 Å². The minimum Gasteiger partial charge on any atom is -0.132 e. The molecule has 0 spiro atoms. The molecule has 2 aromatic heterocycles. The second-order valence-corrected chi connectivity index (χ2v) is 8.82. The van der Waals surface area contributed by atoms with E-state index in [4.69, 9.17) is 0 Å². The van der Waals surface area contributed by atoms with Gasteiger partial charge in [0.1, 0.15) is 0 Å². The van der Waals surface area contributed by atoms with Crippen molar-refractivity contribution in [3.05, 3.63) is 71.3 Å². The second kappa shape index (κ2) is 4.76. The third-order valence-electron chi connectivity index (χ3n) is 5.42. The number of rotatable bonds is 2. The Morgan fingerprint density at radius 3 is 1.68 bits per heavy atom. The molecule has 1 aliphatic rings. The quantitative estimate of drug-likeness (QED) is 0.394. The minimum atomic E-state index is 0.267. The first-order valence-electron chi connectivity index (χ1n) is 8.00. The van der Waals surface area contributed by atoms with Crippen LogP contribution < -0.4 is 0 Å². The predicted molar refractivity (Wildman–Crippen MR) is 102 cm³/mol. The Hall–Kier alpha value is -1.48. The van der Waals surface area contributed by atoms with Crippen molar-refractivity contribution in [2.24, 2.45) is 0 Å². The van der Waals surface area contributed by atoms with Gasteiger partial charge in [0.25, 0.3) is 0 Å². The molecule has 0 nitrogen and oxygen atoms in total. The molecule has 0 aliphatic heterocycles. The van der Waals surface area contributed by atoms with Crippen LogP contribution in [-0.2, 0) is 5.41 Å². The SMILES string of the molecule is c1cc2cc(C3(c4ccc5[pH]ccc5c4)CCC3)ccc2[pH]1. The van der Waals surface area contributed by atoms with Gasteiger partial charge in [0.15, 0.2) is 0 Å². The summed E-state index contributed by atoms with van der Waals surface area (Å²) in [6, 6.07) is 19.0. The summed E-state index contributed by atoms with van der Waals surface area (Å²) < 4.78 is 0. The molecule has 2 unspecified atom stereocenters. The molecule has 4 aromatic rings. The van der Waals surface area contributed by atoms with Gasteiger partial charge in [0.2, 0.25) is 0 Å². The molecule has 0 saturated heterocycles. The van der Waals surface area contributed by atoms with Crippen LogP contribution in [0.4, 0.5) is 0 Å². The van der Waals surface area contributed by atoms with Crippen LogP contribution in [-0.4, -0.2) is 0 Å². The molecule has 2 atom stereocenters. The van der Waals surface area contributed by atoms with Gasteiger partial charge in [-0.05, 0) is 68.7 Å². The minimum absolute atomic E-state index is 0.267. The lowest BCUT2D eigenvalue weighted by atomic mass is 9.60. The van der Waals surface area contributed by atoms with E-state index in [1.165, 1.54) is 51.4 Å². The maximum atomic E-state index is 2.45. The van der Waals surface area contributed by atoms with Crippen LogP contribution in [0.3, 0.4) is 0 Å². The standard InChI is InChI=1S/C20H18P2/c1-8-20(9-1,16-2-4-18-14(12-16)6-10-21-18)17-3-5-19-15(13-17)7-11-22-19/h2-7,10-13,21-22H,1,8-9H2. The Morgan fingerprint density at radius 2 is 1.23 bits per heavy atom. The topological polar surface area (TPSA) is 0 Å². The molecular weight excluding hydrogens is 302 g/mol. The Bertz CT molecular complexity index is 893. The monoisotopic (exact) mass is 320 g/mol. The highest BCUT2D eigenvalue weighted by Crippen LogP contribution is 2.50. The molecular formula is C20H18P2. The van der Waals surface area contributed by atoms with Crippen molar-refractivity contribution in [2.75, 3.05) is 0 Å². The molecule has 108 valence electrons.